The molecule has 0 aromatic heterocycles. The van der Waals surface area contributed by atoms with E-state index < -0.39 is 21.7 Å². The van der Waals surface area contributed by atoms with E-state index in [1.165, 1.54) is 5.56 Å². The molecule has 1 aliphatic rings. The lowest BCUT2D eigenvalue weighted by atomic mass is 9.86. The number of hydrogen-bond donors (Lipinski definition) is 3. The van der Waals surface area contributed by atoms with Gasteiger partial charge in [-0.3, -0.25) is 4.72 Å². The summed E-state index contributed by atoms with van der Waals surface area (Å²) in [6, 6.07) is 21.7. The molecular weight excluding hydrogens is 436 g/mol. The van der Waals surface area contributed by atoms with E-state index in [2.05, 4.69) is 22.2 Å². The van der Waals surface area contributed by atoms with Gasteiger partial charge in [-0.15, -0.1) is 0 Å². The van der Waals surface area contributed by atoms with Crippen LogP contribution in [0.25, 0.3) is 0 Å². The molecule has 0 unspecified atom stereocenters. The van der Waals surface area contributed by atoms with Crippen LogP contribution in [0.2, 0.25) is 0 Å². The normalized spacial score (nSPS) is 19.4. The number of anilines is 1. The molecule has 3 N–H and O–H groups in total. The molecule has 0 radical (unpaired) electrons. The monoisotopic (exact) mass is 466 g/mol. The molecule has 0 aliphatic carbocycles. The highest BCUT2D eigenvalue weighted by atomic mass is 32.2. The van der Waals surface area contributed by atoms with Crippen molar-refractivity contribution >= 4 is 15.7 Å². The summed E-state index contributed by atoms with van der Waals surface area (Å²) in [5.74, 6) is 0.548. The third kappa shape index (κ3) is 5.21. The lowest BCUT2D eigenvalue weighted by molar-refractivity contribution is -0.0643. The predicted octanol–water partition coefficient (Wildman–Crippen LogP) is 4.20. The van der Waals surface area contributed by atoms with E-state index in [1.54, 1.807) is 42.5 Å². The standard InChI is InChI=1S/C26H30N2O4S/c1-18-9-12-21(13-10-18)33(30,31)28-20-11-14-22-23(17-20)32-26(2,3)25(29)24(22)27-16-15-19-7-5-4-6-8-19/h4-14,17,24-25,27-29H,15-16H2,1-3H3/t24-,25+/m0/s1. The second-order valence-electron chi connectivity index (χ2n) is 8.99. The fraction of sp³-hybridized carbons (Fsp3) is 0.308. The fourth-order valence-corrected chi connectivity index (χ4v) is 5.08. The highest BCUT2D eigenvalue weighted by Gasteiger charge is 2.42. The van der Waals surface area contributed by atoms with Gasteiger partial charge in [-0.1, -0.05) is 54.1 Å². The summed E-state index contributed by atoms with van der Waals surface area (Å²) in [6.45, 7) is 6.25. The Kier molecular flexibility index (Phi) is 6.47. The zero-order valence-electron chi connectivity index (χ0n) is 19.1. The van der Waals surface area contributed by atoms with Gasteiger partial charge in [-0.05, 0) is 57.5 Å². The van der Waals surface area contributed by atoms with Crippen LogP contribution in [0.4, 0.5) is 5.69 Å². The second-order valence-corrected chi connectivity index (χ2v) is 10.7. The zero-order valence-corrected chi connectivity index (χ0v) is 19.9. The van der Waals surface area contributed by atoms with Gasteiger partial charge in [0.05, 0.1) is 16.6 Å². The third-order valence-corrected chi connectivity index (χ3v) is 7.35. The Bertz CT molecular complexity index is 1210. The van der Waals surface area contributed by atoms with Crippen molar-refractivity contribution in [1.29, 1.82) is 0 Å². The van der Waals surface area contributed by atoms with Crippen molar-refractivity contribution in [3.05, 3.63) is 89.5 Å². The lowest BCUT2D eigenvalue weighted by Crippen LogP contribution is -2.52. The third-order valence-electron chi connectivity index (χ3n) is 5.95. The van der Waals surface area contributed by atoms with E-state index in [-0.39, 0.29) is 10.9 Å². The zero-order chi connectivity index (χ0) is 23.6. The molecule has 0 bridgehead atoms. The summed E-state index contributed by atoms with van der Waals surface area (Å²) in [5, 5.41) is 14.4. The van der Waals surface area contributed by atoms with Gasteiger partial charge in [0.25, 0.3) is 10.0 Å². The van der Waals surface area contributed by atoms with Crippen LogP contribution in [0.1, 0.15) is 36.6 Å². The number of hydrogen-bond acceptors (Lipinski definition) is 5. The average molecular weight is 467 g/mol. The minimum Gasteiger partial charge on any atom is -0.485 e. The molecule has 6 nitrogen and oxygen atoms in total. The van der Waals surface area contributed by atoms with E-state index >= 15 is 0 Å². The number of aliphatic hydroxyl groups is 1. The number of benzene rings is 3. The van der Waals surface area contributed by atoms with Crippen molar-refractivity contribution < 1.29 is 18.3 Å². The van der Waals surface area contributed by atoms with E-state index in [1.807, 2.05) is 39.0 Å². The first kappa shape index (κ1) is 23.3. The molecule has 7 heteroatoms. The van der Waals surface area contributed by atoms with Gasteiger partial charge in [0, 0.05) is 11.6 Å². The van der Waals surface area contributed by atoms with Gasteiger partial charge in [0.15, 0.2) is 0 Å². The Hall–Kier alpha value is -2.87. The highest BCUT2D eigenvalue weighted by molar-refractivity contribution is 7.92. The maximum absolute atomic E-state index is 12.8. The maximum atomic E-state index is 12.8. The molecule has 0 spiro atoms. The van der Waals surface area contributed by atoms with Crippen molar-refractivity contribution in [2.45, 2.75) is 49.8 Å². The van der Waals surface area contributed by atoms with Crippen LogP contribution in [-0.4, -0.2) is 31.8 Å². The summed E-state index contributed by atoms with van der Waals surface area (Å²) >= 11 is 0. The number of fused-ring (bicyclic) bond motifs is 1. The molecule has 0 fully saturated rings. The highest BCUT2D eigenvalue weighted by Crippen LogP contribution is 2.41. The Balaban J connectivity index is 1.55. The quantitative estimate of drug-likeness (QED) is 0.486. The smallest absolute Gasteiger partial charge is 0.261 e. The van der Waals surface area contributed by atoms with Crippen LogP contribution in [0.5, 0.6) is 5.75 Å². The molecule has 3 aromatic rings. The van der Waals surface area contributed by atoms with Crippen molar-refractivity contribution in [3.8, 4) is 5.75 Å². The summed E-state index contributed by atoms with van der Waals surface area (Å²) in [7, 11) is -3.73. The molecule has 174 valence electrons. The van der Waals surface area contributed by atoms with Gasteiger partial charge in [-0.2, -0.15) is 0 Å². The fourth-order valence-electron chi connectivity index (χ4n) is 4.03. The first-order valence-electron chi connectivity index (χ1n) is 11.0. The van der Waals surface area contributed by atoms with Crippen LogP contribution in [0, 0.1) is 6.92 Å². The first-order chi connectivity index (χ1) is 15.7. The molecule has 4 rings (SSSR count). The predicted molar refractivity (Wildman–Crippen MR) is 130 cm³/mol. The Morgan fingerprint density at radius 2 is 1.70 bits per heavy atom. The number of rotatable bonds is 7. The summed E-state index contributed by atoms with van der Waals surface area (Å²) in [5.41, 5.74) is 2.57. The molecule has 1 aliphatic heterocycles. The van der Waals surface area contributed by atoms with Crippen molar-refractivity contribution in [3.63, 3.8) is 0 Å². The molecule has 0 saturated carbocycles. The van der Waals surface area contributed by atoms with Crippen LogP contribution < -0.4 is 14.8 Å². The van der Waals surface area contributed by atoms with Crippen LogP contribution >= 0.6 is 0 Å². The summed E-state index contributed by atoms with van der Waals surface area (Å²) in [6.07, 6.45) is 0.0608. The molecule has 1 heterocycles. The molecule has 3 aromatic carbocycles. The van der Waals surface area contributed by atoms with Gasteiger partial charge in [0.1, 0.15) is 17.5 Å². The first-order valence-corrected chi connectivity index (χ1v) is 12.5. The van der Waals surface area contributed by atoms with Gasteiger partial charge < -0.3 is 15.2 Å². The van der Waals surface area contributed by atoms with Crippen molar-refractivity contribution in [2.24, 2.45) is 0 Å². The van der Waals surface area contributed by atoms with E-state index in [0.717, 1.165) is 17.5 Å². The second kappa shape index (κ2) is 9.17. The molecule has 0 amide bonds. The minimum atomic E-state index is -3.73. The Morgan fingerprint density at radius 1 is 1.00 bits per heavy atom. The minimum absolute atomic E-state index is 0.197. The maximum Gasteiger partial charge on any atom is 0.261 e. The molecule has 33 heavy (non-hydrogen) atoms. The Labute approximate surface area is 195 Å². The van der Waals surface area contributed by atoms with Crippen molar-refractivity contribution in [1.82, 2.24) is 5.32 Å². The Morgan fingerprint density at radius 3 is 2.39 bits per heavy atom. The number of sulfonamides is 1. The average Bonchev–Trinajstić information content (AvgIpc) is 2.77. The topological polar surface area (TPSA) is 87.7 Å². The SMILES string of the molecule is Cc1ccc(S(=O)(=O)Nc2ccc3c(c2)OC(C)(C)[C@H](O)[C@H]3NCCc2ccccc2)cc1. The molecular formula is C26H30N2O4S. The van der Waals surface area contributed by atoms with Crippen LogP contribution in [-0.2, 0) is 16.4 Å². The van der Waals surface area contributed by atoms with Crippen LogP contribution in [0.15, 0.2) is 77.7 Å². The van der Waals surface area contributed by atoms with Crippen LogP contribution in [0.3, 0.4) is 0 Å². The van der Waals surface area contributed by atoms with E-state index in [0.29, 0.717) is 18.0 Å². The largest absolute Gasteiger partial charge is 0.485 e. The molecule has 2 atom stereocenters. The number of ether oxygens (including phenoxy) is 1. The molecule has 0 saturated heterocycles. The summed E-state index contributed by atoms with van der Waals surface area (Å²) < 4.78 is 34.3. The summed E-state index contributed by atoms with van der Waals surface area (Å²) in [4.78, 5) is 0.197. The lowest BCUT2D eigenvalue weighted by Gasteiger charge is -2.42. The van der Waals surface area contributed by atoms with E-state index in [9.17, 15) is 13.5 Å². The van der Waals surface area contributed by atoms with Crippen molar-refractivity contribution in [2.75, 3.05) is 11.3 Å². The van der Waals surface area contributed by atoms with Gasteiger partial charge in [-0.25, -0.2) is 8.42 Å². The van der Waals surface area contributed by atoms with Gasteiger partial charge >= 0.3 is 0 Å². The van der Waals surface area contributed by atoms with E-state index in [4.69, 9.17) is 4.74 Å². The number of aryl methyl sites for hydroxylation is 1. The number of aliphatic hydroxyl groups excluding tert-OH is 1. The van der Waals surface area contributed by atoms with Gasteiger partial charge in [0.2, 0.25) is 0 Å². The number of nitrogens with one attached hydrogen (secondary N) is 2.